The van der Waals surface area contributed by atoms with E-state index in [4.69, 9.17) is 21.1 Å². The van der Waals surface area contributed by atoms with Crippen LogP contribution in [0.3, 0.4) is 0 Å². The van der Waals surface area contributed by atoms with Crippen molar-refractivity contribution >= 4 is 23.4 Å². The van der Waals surface area contributed by atoms with Crippen LogP contribution in [-0.2, 0) is 20.9 Å². The molecule has 0 saturated carbocycles. The summed E-state index contributed by atoms with van der Waals surface area (Å²) >= 11 is 5.28. The van der Waals surface area contributed by atoms with Crippen LogP contribution in [0.5, 0.6) is 5.75 Å². The lowest BCUT2D eigenvalue weighted by molar-refractivity contribution is -0.146. The van der Waals surface area contributed by atoms with Crippen molar-refractivity contribution in [1.29, 1.82) is 0 Å². The first kappa shape index (κ1) is 13.5. The molecule has 0 heterocycles. The van der Waals surface area contributed by atoms with Gasteiger partial charge in [0.2, 0.25) is 0 Å². The van der Waals surface area contributed by atoms with Gasteiger partial charge in [0, 0.05) is 0 Å². The summed E-state index contributed by atoms with van der Waals surface area (Å²) in [7, 11) is 1.58. The average molecular weight is 257 g/mol. The Morgan fingerprint density at radius 1 is 1.24 bits per heavy atom. The molecule has 1 rings (SSSR count). The van der Waals surface area contributed by atoms with Crippen LogP contribution in [0.1, 0.15) is 12.0 Å². The first-order chi connectivity index (χ1) is 8.15. The first-order valence-corrected chi connectivity index (χ1v) is 5.55. The summed E-state index contributed by atoms with van der Waals surface area (Å²) in [5.41, 5.74) is 0.831. The molecule has 1 aromatic carbocycles. The molecule has 0 fully saturated rings. The van der Waals surface area contributed by atoms with Crippen LogP contribution in [0.2, 0.25) is 0 Å². The average Bonchev–Trinajstić information content (AvgIpc) is 2.36. The van der Waals surface area contributed by atoms with Crippen molar-refractivity contribution in [3.8, 4) is 5.75 Å². The van der Waals surface area contributed by atoms with Gasteiger partial charge < -0.3 is 9.47 Å². The van der Waals surface area contributed by atoms with Gasteiger partial charge in [-0.25, -0.2) is 0 Å². The second kappa shape index (κ2) is 6.91. The highest BCUT2D eigenvalue weighted by atomic mass is 35.5. The predicted molar refractivity (Wildman–Crippen MR) is 63.1 cm³/mol. The standard InChI is InChI=1S/C12H13ClO4/c1-16-11-4-2-9(3-5-11)8-17-12(15)6-10(14)7-13/h2-5H,6-8H2,1H3. The molecule has 92 valence electrons. The largest absolute Gasteiger partial charge is 0.497 e. The molecule has 0 spiro atoms. The third kappa shape index (κ3) is 4.87. The molecule has 0 amide bonds. The molecular formula is C12H13ClO4. The van der Waals surface area contributed by atoms with Crippen LogP contribution in [0, 0.1) is 0 Å². The summed E-state index contributed by atoms with van der Waals surface area (Å²) in [4.78, 5) is 22.1. The lowest BCUT2D eigenvalue weighted by atomic mass is 10.2. The number of hydrogen-bond acceptors (Lipinski definition) is 4. The molecule has 0 aromatic heterocycles. The Kier molecular flexibility index (Phi) is 5.49. The summed E-state index contributed by atoms with van der Waals surface area (Å²) in [6.07, 6.45) is -0.278. The third-order valence-electron chi connectivity index (χ3n) is 2.05. The van der Waals surface area contributed by atoms with Crippen molar-refractivity contribution in [3.05, 3.63) is 29.8 Å². The van der Waals surface area contributed by atoms with Crippen molar-refractivity contribution in [2.45, 2.75) is 13.0 Å². The fourth-order valence-electron chi connectivity index (χ4n) is 1.14. The van der Waals surface area contributed by atoms with Crippen LogP contribution in [0.25, 0.3) is 0 Å². The van der Waals surface area contributed by atoms with Crippen molar-refractivity contribution in [3.63, 3.8) is 0 Å². The van der Waals surface area contributed by atoms with Gasteiger partial charge in [-0.05, 0) is 17.7 Å². The fraction of sp³-hybridized carbons (Fsp3) is 0.333. The molecule has 5 heteroatoms. The molecule has 0 aliphatic rings. The Morgan fingerprint density at radius 3 is 2.41 bits per heavy atom. The quantitative estimate of drug-likeness (QED) is 0.443. The second-order valence-electron chi connectivity index (χ2n) is 3.36. The number of halogens is 1. The second-order valence-corrected chi connectivity index (χ2v) is 3.63. The normalized spacial score (nSPS) is 9.76. The number of ether oxygens (including phenoxy) is 2. The van der Waals surface area contributed by atoms with Crippen molar-refractivity contribution < 1.29 is 19.1 Å². The Hall–Kier alpha value is -1.55. The number of methoxy groups -OCH3 is 1. The number of alkyl halides is 1. The monoisotopic (exact) mass is 256 g/mol. The van der Waals surface area contributed by atoms with E-state index in [1.807, 2.05) is 0 Å². The predicted octanol–water partition coefficient (Wildman–Crippen LogP) is 1.94. The minimum absolute atomic E-state index is 0.137. The van der Waals surface area contributed by atoms with Gasteiger partial charge in [-0.1, -0.05) is 12.1 Å². The Morgan fingerprint density at radius 2 is 1.88 bits per heavy atom. The first-order valence-electron chi connectivity index (χ1n) is 5.02. The summed E-state index contributed by atoms with van der Waals surface area (Å²) < 4.78 is 9.91. The number of carbonyl (C=O) groups excluding carboxylic acids is 2. The molecule has 0 radical (unpaired) electrons. The number of Topliss-reactive ketones (excluding diaryl/α,β-unsaturated/α-hetero) is 1. The molecule has 0 saturated heterocycles. The highest BCUT2D eigenvalue weighted by Crippen LogP contribution is 2.12. The zero-order valence-electron chi connectivity index (χ0n) is 9.44. The Bertz CT molecular complexity index is 386. The maximum Gasteiger partial charge on any atom is 0.313 e. The van der Waals surface area contributed by atoms with Crippen LogP contribution >= 0.6 is 11.6 Å². The van der Waals surface area contributed by atoms with Crippen molar-refractivity contribution in [2.24, 2.45) is 0 Å². The third-order valence-corrected chi connectivity index (χ3v) is 2.35. The summed E-state index contributed by atoms with van der Waals surface area (Å²) in [5, 5.41) is 0. The highest BCUT2D eigenvalue weighted by molar-refractivity contribution is 6.28. The zero-order chi connectivity index (χ0) is 12.7. The van der Waals surface area contributed by atoms with Gasteiger partial charge in [0.15, 0.2) is 5.78 Å². The van der Waals surface area contributed by atoms with Gasteiger partial charge in [-0.15, -0.1) is 11.6 Å². The van der Waals surface area contributed by atoms with Gasteiger partial charge in [0.25, 0.3) is 0 Å². The maximum atomic E-state index is 11.2. The van der Waals surface area contributed by atoms with E-state index in [0.29, 0.717) is 0 Å². The number of rotatable bonds is 6. The lowest BCUT2D eigenvalue weighted by Crippen LogP contribution is -2.11. The summed E-state index contributed by atoms with van der Waals surface area (Å²) in [6.45, 7) is 0.137. The molecule has 17 heavy (non-hydrogen) atoms. The smallest absolute Gasteiger partial charge is 0.313 e. The Labute approximate surface area is 104 Å². The molecule has 0 unspecified atom stereocenters. The molecule has 1 aromatic rings. The molecule has 0 atom stereocenters. The van der Waals surface area contributed by atoms with Gasteiger partial charge >= 0.3 is 5.97 Å². The van der Waals surface area contributed by atoms with Crippen LogP contribution < -0.4 is 4.74 Å². The van der Waals surface area contributed by atoms with E-state index in [9.17, 15) is 9.59 Å². The van der Waals surface area contributed by atoms with E-state index in [0.717, 1.165) is 11.3 Å². The molecule has 0 bridgehead atoms. The van der Waals surface area contributed by atoms with Gasteiger partial charge in [-0.2, -0.15) is 0 Å². The van der Waals surface area contributed by atoms with Crippen molar-refractivity contribution in [1.82, 2.24) is 0 Å². The zero-order valence-corrected chi connectivity index (χ0v) is 10.2. The van der Waals surface area contributed by atoms with Crippen LogP contribution in [0.15, 0.2) is 24.3 Å². The topological polar surface area (TPSA) is 52.6 Å². The Balaban J connectivity index is 2.39. The van der Waals surface area contributed by atoms with Gasteiger partial charge in [0.05, 0.1) is 13.0 Å². The van der Waals surface area contributed by atoms with Gasteiger partial charge in [0.1, 0.15) is 18.8 Å². The van der Waals surface area contributed by atoms with E-state index >= 15 is 0 Å². The molecule has 0 aliphatic carbocycles. The minimum Gasteiger partial charge on any atom is -0.497 e. The molecule has 0 N–H and O–H groups in total. The van der Waals surface area contributed by atoms with E-state index in [2.05, 4.69) is 0 Å². The lowest BCUT2D eigenvalue weighted by Gasteiger charge is -2.05. The number of esters is 1. The maximum absolute atomic E-state index is 11.2. The van der Waals surface area contributed by atoms with Crippen molar-refractivity contribution in [2.75, 3.05) is 13.0 Å². The van der Waals surface area contributed by atoms with Crippen LogP contribution in [0.4, 0.5) is 0 Å². The van der Waals surface area contributed by atoms with E-state index in [1.165, 1.54) is 0 Å². The van der Waals surface area contributed by atoms with E-state index in [1.54, 1.807) is 31.4 Å². The van der Waals surface area contributed by atoms with Gasteiger partial charge in [-0.3, -0.25) is 9.59 Å². The highest BCUT2D eigenvalue weighted by Gasteiger charge is 2.09. The minimum atomic E-state index is -0.563. The number of benzene rings is 1. The number of ketones is 1. The van der Waals surface area contributed by atoms with Crippen LogP contribution in [-0.4, -0.2) is 24.7 Å². The molecular weight excluding hydrogens is 244 g/mol. The summed E-state index contributed by atoms with van der Waals surface area (Å²) in [5.74, 6) is -0.340. The summed E-state index contributed by atoms with van der Waals surface area (Å²) in [6, 6.07) is 7.12. The SMILES string of the molecule is COc1ccc(COC(=O)CC(=O)CCl)cc1. The number of carbonyl (C=O) groups is 2. The molecule has 0 aliphatic heterocycles. The fourth-order valence-corrected chi connectivity index (χ4v) is 1.24. The van der Waals surface area contributed by atoms with E-state index in [-0.39, 0.29) is 24.7 Å². The van der Waals surface area contributed by atoms with E-state index < -0.39 is 5.97 Å². The number of hydrogen-bond donors (Lipinski definition) is 0. The molecule has 4 nitrogen and oxygen atoms in total.